The molecule has 176 valence electrons. The van der Waals surface area contributed by atoms with Crippen molar-refractivity contribution in [3.63, 3.8) is 0 Å². The number of carbonyl (C=O) groups excluding carboxylic acids is 1. The summed E-state index contributed by atoms with van der Waals surface area (Å²) < 4.78 is 15.9. The standard InChI is InChI=1S/C27H24FN5OS/c1-17-9-6-7-14-22(17)30-25(34)23-18(2)29-26-31-27(35-16-19-10-4-3-5-11-19)32-33(26)24(23)20-12-8-13-21(28)15-20/h3-15,24H,16H2,1-2H3,(H,30,34)(H,29,31,32). The minimum Gasteiger partial charge on any atom is -0.328 e. The highest BCUT2D eigenvalue weighted by molar-refractivity contribution is 7.98. The number of fused-ring (bicyclic) bond motifs is 1. The van der Waals surface area contributed by atoms with Crippen LogP contribution in [0, 0.1) is 12.7 Å². The van der Waals surface area contributed by atoms with Crippen LogP contribution in [0.25, 0.3) is 0 Å². The van der Waals surface area contributed by atoms with Gasteiger partial charge in [-0.15, -0.1) is 5.10 Å². The van der Waals surface area contributed by atoms with E-state index in [1.807, 2.05) is 56.3 Å². The first kappa shape index (κ1) is 22.9. The maximum atomic E-state index is 14.3. The predicted octanol–water partition coefficient (Wildman–Crippen LogP) is 5.95. The maximum Gasteiger partial charge on any atom is 0.255 e. The molecule has 0 radical (unpaired) electrons. The molecule has 0 spiro atoms. The maximum absolute atomic E-state index is 14.3. The number of aryl methyl sites for hydroxylation is 1. The second-order valence-electron chi connectivity index (χ2n) is 8.33. The summed E-state index contributed by atoms with van der Waals surface area (Å²) in [6, 6.07) is 23.3. The third-order valence-corrected chi connectivity index (χ3v) is 6.76. The van der Waals surface area contributed by atoms with E-state index in [1.165, 1.54) is 23.9 Å². The average Bonchev–Trinajstić information content (AvgIpc) is 3.26. The first-order valence-electron chi connectivity index (χ1n) is 11.2. The Morgan fingerprint density at radius 1 is 1.06 bits per heavy atom. The monoisotopic (exact) mass is 485 g/mol. The quantitative estimate of drug-likeness (QED) is 0.331. The fraction of sp³-hybridized carbons (Fsp3) is 0.148. The SMILES string of the molecule is CC1=C(C(=O)Nc2ccccc2C)C(c2cccc(F)c2)n2nc(SCc3ccccc3)nc2N1. The number of halogens is 1. The number of aromatic nitrogens is 3. The third kappa shape index (κ3) is 4.83. The van der Waals surface area contributed by atoms with Gasteiger partial charge in [-0.05, 0) is 48.7 Å². The Hall–Kier alpha value is -3.91. The Labute approximate surface area is 207 Å². The molecule has 0 fully saturated rings. The smallest absolute Gasteiger partial charge is 0.255 e. The Morgan fingerprint density at radius 3 is 2.60 bits per heavy atom. The molecule has 4 aromatic rings. The van der Waals surface area contributed by atoms with E-state index in [-0.39, 0.29) is 11.7 Å². The zero-order valence-electron chi connectivity index (χ0n) is 19.3. The van der Waals surface area contributed by atoms with E-state index < -0.39 is 6.04 Å². The van der Waals surface area contributed by atoms with E-state index in [0.29, 0.717) is 33.7 Å². The van der Waals surface area contributed by atoms with Gasteiger partial charge < -0.3 is 10.6 Å². The van der Waals surface area contributed by atoms with E-state index in [4.69, 9.17) is 5.10 Å². The minimum absolute atomic E-state index is 0.279. The van der Waals surface area contributed by atoms with Gasteiger partial charge in [-0.3, -0.25) is 4.79 Å². The van der Waals surface area contributed by atoms with Crippen molar-refractivity contribution in [1.82, 2.24) is 14.8 Å². The second kappa shape index (κ2) is 9.76. The van der Waals surface area contributed by atoms with Gasteiger partial charge in [0.25, 0.3) is 5.91 Å². The Kier molecular flexibility index (Phi) is 6.37. The van der Waals surface area contributed by atoms with Crippen LogP contribution in [0.4, 0.5) is 16.0 Å². The van der Waals surface area contributed by atoms with Gasteiger partial charge in [0.1, 0.15) is 11.9 Å². The van der Waals surface area contributed by atoms with Gasteiger partial charge in [0.05, 0.1) is 5.57 Å². The van der Waals surface area contributed by atoms with Gasteiger partial charge in [-0.25, -0.2) is 9.07 Å². The molecule has 6 nitrogen and oxygen atoms in total. The Bertz CT molecular complexity index is 1420. The minimum atomic E-state index is -0.635. The fourth-order valence-electron chi connectivity index (χ4n) is 4.10. The number of allylic oxidation sites excluding steroid dienone is 1. The first-order chi connectivity index (χ1) is 17.0. The highest BCUT2D eigenvalue weighted by atomic mass is 32.2. The van der Waals surface area contributed by atoms with Gasteiger partial charge >= 0.3 is 0 Å². The molecule has 1 aromatic heterocycles. The van der Waals surface area contributed by atoms with Crippen LogP contribution in [0.5, 0.6) is 0 Å². The number of nitrogens with zero attached hydrogens (tertiary/aromatic N) is 3. The molecule has 1 aliphatic heterocycles. The number of para-hydroxylation sites is 1. The van der Waals surface area contributed by atoms with Crippen LogP contribution in [-0.4, -0.2) is 20.7 Å². The molecule has 3 aromatic carbocycles. The molecule has 8 heteroatoms. The lowest BCUT2D eigenvalue weighted by atomic mass is 9.95. The molecule has 0 bridgehead atoms. The zero-order valence-corrected chi connectivity index (χ0v) is 20.1. The van der Waals surface area contributed by atoms with Crippen LogP contribution in [0.1, 0.15) is 29.7 Å². The molecular formula is C27H24FN5OS. The van der Waals surface area contributed by atoms with Crippen molar-refractivity contribution in [1.29, 1.82) is 0 Å². The van der Waals surface area contributed by atoms with Crippen LogP contribution in [0.3, 0.4) is 0 Å². The van der Waals surface area contributed by atoms with Crippen molar-refractivity contribution < 1.29 is 9.18 Å². The average molecular weight is 486 g/mol. The molecule has 0 saturated heterocycles. The van der Waals surface area contributed by atoms with Gasteiger partial charge in [-0.1, -0.05) is 72.4 Å². The summed E-state index contributed by atoms with van der Waals surface area (Å²) in [7, 11) is 0. The lowest BCUT2D eigenvalue weighted by Gasteiger charge is -2.28. The van der Waals surface area contributed by atoms with Crippen molar-refractivity contribution in [3.05, 3.63) is 113 Å². The molecule has 2 N–H and O–H groups in total. The molecule has 2 heterocycles. The third-order valence-electron chi connectivity index (χ3n) is 5.85. The van der Waals surface area contributed by atoms with Gasteiger partial charge in [0.15, 0.2) is 0 Å². The summed E-state index contributed by atoms with van der Waals surface area (Å²) in [4.78, 5) is 18.2. The number of benzene rings is 3. The normalized spacial score (nSPS) is 14.9. The molecule has 1 atom stereocenters. The van der Waals surface area contributed by atoms with E-state index in [9.17, 15) is 9.18 Å². The number of anilines is 2. The van der Waals surface area contributed by atoms with Gasteiger partial charge in [0.2, 0.25) is 11.1 Å². The van der Waals surface area contributed by atoms with Crippen molar-refractivity contribution in [2.45, 2.75) is 30.8 Å². The van der Waals surface area contributed by atoms with Gasteiger partial charge in [-0.2, -0.15) is 4.98 Å². The highest BCUT2D eigenvalue weighted by Gasteiger charge is 2.34. The summed E-state index contributed by atoms with van der Waals surface area (Å²) in [6.07, 6.45) is 0. The molecule has 0 saturated carbocycles. The van der Waals surface area contributed by atoms with Crippen molar-refractivity contribution in [2.24, 2.45) is 0 Å². The molecule has 1 aliphatic rings. The van der Waals surface area contributed by atoms with Crippen molar-refractivity contribution in [2.75, 3.05) is 10.6 Å². The summed E-state index contributed by atoms with van der Waals surface area (Å²) >= 11 is 1.51. The summed E-state index contributed by atoms with van der Waals surface area (Å²) in [5, 5.41) is 11.5. The fourth-order valence-corrected chi connectivity index (χ4v) is 4.88. The van der Waals surface area contributed by atoms with E-state index in [0.717, 1.165) is 16.8 Å². The van der Waals surface area contributed by atoms with Crippen LogP contribution < -0.4 is 10.6 Å². The van der Waals surface area contributed by atoms with Gasteiger partial charge in [0, 0.05) is 17.1 Å². The highest BCUT2D eigenvalue weighted by Crippen LogP contribution is 2.37. The molecule has 5 rings (SSSR count). The molecular weight excluding hydrogens is 461 g/mol. The number of rotatable bonds is 6. The number of carbonyl (C=O) groups is 1. The van der Waals surface area contributed by atoms with Crippen LogP contribution in [-0.2, 0) is 10.5 Å². The largest absolute Gasteiger partial charge is 0.328 e. The number of thioether (sulfide) groups is 1. The lowest BCUT2D eigenvalue weighted by molar-refractivity contribution is -0.113. The van der Waals surface area contributed by atoms with Crippen LogP contribution >= 0.6 is 11.8 Å². The number of hydrogen-bond acceptors (Lipinski definition) is 5. The van der Waals surface area contributed by atoms with E-state index >= 15 is 0 Å². The van der Waals surface area contributed by atoms with Crippen LogP contribution in [0.15, 0.2) is 95.3 Å². The first-order valence-corrected chi connectivity index (χ1v) is 12.2. The van der Waals surface area contributed by atoms with E-state index in [1.54, 1.807) is 16.8 Å². The van der Waals surface area contributed by atoms with Crippen molar-refractivity contribution in [3.8, 4) is 0 Å². The number of hydrogen-bond donors (Lipinski definition) is 2. The topological polar surface area (TPSA) is 71.8 Å². The van der Waals surface area contributed by atoms with Crippen molar-refractivity contribution >= 4 is 29.3 Å². The summed E-state index contributed by atoms with van der Waals surface area (Å²) in [5.41, 5.74) is 4.55. The van der Waals surface area contributed by atoms with E-state index in [2.05, 4.69) is 27.8 Å². The molecule has 1 unspecified atom stereocenters. The predicted molar refractivity (Wildman–Crippen MR) is 137 cm³/mol. The molecule has 0 aliphatic carbocycles. The zero-order chi connectivity index (χ0) is 24.4. The summed E-state index contributed by atoms with van der Waals surface area (Å²) in [6.45, 7) is 3.76. The number of amides is 1. The Morgan fingerprint density at radius 2 is 1.83 bits per heavy atom. The summed E-state index contributed by atoms with van der Waals surface area (Å²) in [5.74, 6) is 0.567. The molecule has 1 amide bonds. The Balaban J connectivity index is 1.51. The molecule has 35 heavy (non-hydrogen) atoms. The lowest BCUT2D eigenvalue weighted by Crippen LogP contribution is -2.31. The number of nitrogens with one attached hydrogen (secondary N) is 2. The second-order valence-corrected chi connectivity index (χ2v) is 9.27. The van der Waals surface area contributed by atoms with Crippen LogP contribution in [0.2, 0.25) is 0 Å².